The van der Waals surface area contributed by atoms with Gasteiger partial charge in [0.25, 0.3) is 0 Å². The van der Waals surface area contributed by atoms with Gasteiger partial charge in [0.2, 0.25) is 0 Å². The Bertz CT molecular complexity index is 926. The number of ether oxygens (including phenoxy) is 1. The molecule has 0 radical (unpaired) electrons. The summed E-state index contributed by atoms with van der Waals surface area (Å²) in [6.45, 7) is 1.38. The molecule has 2 heterocycles. The number of benzene rings is 2. The average molecular weight is 382 g/mol. The Hall–Kier alpha value is -3.06. The number of para-hydroxylation sites is 1. The Kier molecular flexibility index (Phi) is 5.43. The SMILES string of the molecule is Fc1cccc(F)c1Nc1cc(NCC2CCCO2)nc(-c2ccccc2)n1. The van der Waals surface area contributed by atoms with Crippen LogP contribution in [0.4, 0.5) is 26.1 Å². The van der Waals surface area contributed by atoms with Crippen molar-refractivity contribution in [2.75, 3.05) is 23.8 Å². The smallest absolute Gasteiger partial charge is 0.163 e. The first-order chi connectivity index (χ1) is 13.7. The summed E-state index contributed by atoms with van der Waals surface area (Å²) in [6.07, 6.45) is 2.18. The minimum Gasteiger partial charge on any atom is -0.376 e. The summed E-state index contributed by atoms with van der Waals surface area (Å²) in [7, 11) is 0. The Morgan fingerprint density at radius 1 is 0.964 bits per heavy atom. The van der Waals surface area contributed by atoms with Gasteiger partial charge in [0.05, 0.1) is 6.10 Å². The fraction of sp³-hybridized carbons (Fsp3) is 0.238. The second-order valence-corrected chi connectivity index (χ2v) is 6.57. The van der Waals surface area contributed by atoms with Gasteiger partial charge in [0, 0.05) is 24.8 Å². The second-order valence-electron chi connectivity index (χ2n) is 6.57. The van der Waals surface area contributed by atoms with Crippen LogP contribution in [0.5, 0.6) is 0 Å². The lowest BCUT2D eigenvalue weighted by Crippen LogP contribution is -2.19. The van der Waals surface area contributed by atoms with Crippen LogP contribution in [0.1, 0.15) is 12.8 Å². The number of nitrogens with zero attached hydrogens (tertiary/aromatic N) is 2. The highest BCUT2D eigenvalue weighted by molar-refractivity contribution is 5.65. The van der Waals surface area contributed by atoms with E-state index in [1.807, 2.05) is 30.3 Å². The Morgan fingerprint density at radius 3 is 2.43 bits per heavy atom. The molecule has 1 aliphatic rings. The molecule has 2 aromatic carbocycles. The third-order valence-corrected chi connectivity index (χ3v) is 4.51. The van der Waals surface area contributed by atoms with Crippen LogP contribution in [0.3, 0.4) is 0 Å². The molecule has 0 bridgehead atoms. The Morgan fingerprint density at radius 2 is 1.71 bits per heavy atom. The highest BCUT2D eigenvalue weighted by atomic mass is 19.1. The summed E-state index contributed by atoms with van der Waals surface area (Å²) in [5.41, 5.74) is 0.561. The number of rotatable bonds is 6. The van der Waals surface area contributed by atoms with Gasteiger partial charge in [-0.1, -0.05) is 36.4 Å². The number of halogens is 2. The molecule has 0 saturated carbocycles. The molecule has 3 aromatic rings. The molecule has 5 nitrogen and oxygen atoms in total. The molecule has 1 atom stereocenters. The van der Waals surface area contributed by atoms with Gasteiger partial charge in [-0.25, -0.2) is 18.7 Å². The third kappa shape index (κ3) is 4.26. The molecule has 144 valence electrons. The summed E-state index contributed by atoms with van der Waals surface area (Å²) in [6, 6.07) is 14.8. The zero-order chi connectivity index (χ0) is 19.3. The van der Waals surface area contributed by atoms with Crippen molar-refractivity contribution in [3.63, 3.8) is 0 Å². The average Bonchev–Trinajstić information content (AvgIpc) is 3.24. The quantitative estimate of drug-likeness (QED) is 0.644. The van der Waals surface area contributed by atoms with Crippen molar-refractivity contribution in [3.8, 4) is 11.4 Å². The van der Waals surface area contributed by atoms with Crippen molar-refractivity contribution in [3.05, 3.63) is 66.2 Å². The maximum Gasteiger partial charge on any atom is 0.163 e. The molecule has 4 rings (SSSR count). The van der Waals surface area contributed by atoms with Crippen LogP contribution in [0.25, 0.3) is 11.4 Å². The Labute approximate surface area is 161 Å². The fourth-order valence-corrected chi connectivity index (χ4v) is 3.09. The maximum absolute atomic E-state index is 14.0. The van der Waals surface area contributed by atoms with E-state index in [0.717, 1.165) is 25.0 Å². The summed E-state index contributed by atoms with van der Waals surface area (Å²) < 4.78 is 33.7. The van der Waals surface area contributed by atoms with Crippen molar-refractivity contribution in [2.45, 2.75) is 18.9 Å². The molecule has 0 aliphatic carbocycles. The summed E-state index contributed by atoms with van der Waals surface area (Å²) in [5.74, 6) is -0.0593. The Balaban J connectivity index is 1.65. The topological polar surface area (TPSA) is 59.1 Å². The largest absolute Gasteiger partial charge is 0.376 e. The monoisotopic (exact) mass is 382 g/mol. The van der Waals surface area contributed by atoms with Crippen molar-refractivity contribution >= 4 is 17.3 Å². The van der Waals surface area contributed by atoms with Crippen LogP contribution in [0, 0.1) is 11.6 Å². The molecule has 0 amide bonds. The van der Waals surface area contributed by atoms with E-state index in [4.69, 9.17) is 4.74 Å². The molecule has 1 saturated heterocycles. The van der Waals surface area contributed by atoms with Crippen LogP contribution < -0.4 is 10.6 Å². The lowest BCUT2D eigenvalue weighted by molar-refractivity contribution is 0.120. The van der Waals surface area contributed by atoms with Crippen molar-refractivity contribution in [2.24, 2.45) is 0 Å². The van der Waals surface area contributed by atoms with E-state index < -0.39 is 11.6 Å². The van der Waals surface area contributed by atoms with Gasteiger partial charge in [-0.15, -0.1) is 0 Å². The molecule has 1 unspecified atom stereocenters. The van der Waals surface area contributed by atoms with Crippen molar-refractivity contribution < 1.29 is 13.5 Å². The molecule has 7 heteroatoms. The number of anilines is 3. The van der Waals surface area contributed by atoms with E-state index in [9.17, 15) is 8.78 Å². The predicted molar refractivity (Wildman–Crippen MR) is 105 cm³/mol. The zero-order valence-electron chi connectivity index (χ0n) is 15.2. The molecule has 1 fully saturated rings. The molecular formula is C21H20F2N4O. The van der Waals surface area contributed by atoms with Crippen LogP contribution in [0.15, 0.2) is 54.6 Å². The van der Waals surface area contributed by atoms with Gasteiger partial charge in [-0.2, -0.15) is 0 Å². The van der Waals surface area contributed by atoms with Crippen LogP contribution in [0.2, 0.25) is 0 Å². The number of hydrogen-bond acceptors (Lipinski definition) is 5. The molecule has 28 heavy (non-hydrogen) atoms. The van der Waals surface area contributed by atoms with E-state index >= 15 is 0 Å². The number of nitrogens with one attached hydrogen (secondary N) is 2. The minimum absolute atomic E-state index is 0.135. The molecule has 2 N–H and O–H groups in total. The van der Waals surface area contributed by atoms with Crippen LogP contribution in [-0.2, 0) is 4.74 Å². The van der Waals surface area contributed by atoms with Gasteiger partial charge in [0.1, 0.15) is 29.0 Å². The zero-order valence-corrected chi connectivity index (χ0v) is 15.2. The molecular weight excluding hydrogens is 362 g/mol. The highest BCUT2D eigenvalue weighted by Crippen LogP contribution is 2.26. The van der Waals surface area contributed by atoms with Crippen LogP contribution in [-0.4, -0.2) is 29.2 Å². The van der Waals surface area contributed by atoms with Crippen LogP contribution >= 0.6 is 0 Å². The highest BCUT2D eigenvalue weighted by Gasteiger charge is 2.16. The van der Waals surface area contributed by atoms with Gasteiger partial charge >= 0.3 is 0 Å². The standard InChI is InChI=1S/C21H20F2N4O/c22-16-9-4-10-17(23)20(16)25-19-12-18(24-13-15-8-5-11-28-15)26-21(27-19)14-6-2-1-3-7-14/h1-4,6-7,9-10,12,15H,5,8,11,13H2,(H2,24,25,26,27). The summed E-state index contributed by atoms with van der Waals surface area (Å²) in [5, 5.41) is 6.00. The summed E-state index contributed by atoms with van der Waals surface area (Å²) >= 11 is 0. The summed E-state index contributed by atoms with van der Waals surface area (Å²) in [4.78, 5) is 8.98. The van der Waals surface area contributed by atoms with E-state index in [1.165, 1.54) is 18.2 Å². The number of aromatic nitrogens is 2. The predicted octanol–water partition coefficient (Wildman–Crippen LogP) is 4.76. The van der Waals surface area contributed by atoms with Gasteiger partial charge < -0.3 is 15.4 Å². The van der Waals surface area contributed by atoms with E-state index in [0.29, 0.717) is 24.0 Å². The van der Waals surface area contributed by atoms with E-state index in [1.54, 1.807) is 6.07 Å². The van der Waals surface area contributed by atoms with E-state index in [2.05, 4.69) is 20.6 Å². The molecule has 1 aromatic heterocycles. The minimum atomic E-state index is -0.686. The third-order valence-electron chi connectivity index (χ3n) is 4.51. The lowest BCUT2D eigenvalue weighted by Gasteiger charge is -2.14. The first-order valence-corrected chi connectivity index (χ1v) is 9.20. The molecule has 0 spiro atoms. The van der Waals surface area contributed by atoms with Gasteiger partial charge in [-0.3, -0.25) is 0 Å². The van der Waals surface area contributed by atoms with Gasteiger partial charge in [0.15, 0.2) is 5.82 Å². The van der Waals surface area contributed by atoms with E-state index in [-0.39, 0.29) is 11.8 Å². The normalized spacial score (nSPS) is 16.1. The van der Waals surface area contributed by atoms with Gasteiger partial charge in [-0.05, 0) is 25.0 Å². The fourth-order valence-electron chi connectivity index (χ4n) is 3.09. The molecule has 1 aliphatic heterocycles. The van der Waals surface area contributed by atoms with Crippen molar-refractivity contribution in [1.82, 2.24) is 9.97 Å². The number of hydrogen-bond donors (Lipinski definition) is 2. The van der Waals surface area contributed by atoms with Crippen molar-refractivity contribution in [1.29, 1.82) is 0 Å². The first kappa shape index (κ1) is 18.3. The second kappa shape index (κ2) is 8.31. The lowest BCUT2D eigenvalue weighted by atomic mass is 10.2. The maximum atomic E-state index is 14.0. The first-order valence-electron chi connectivity index (χ1n) is 9.20.